The van der Waals surface area contributed by atoms with Crippen LogP contribution in [0, 0.1) is 17.2 Å². The Morgan fingerprint density at radius 3 is 2.68 bits per heavy atom. The van der Waals surface area contributed by atoms with Crippen LogP contribution in [0.4, 0.5) is 17.5 Å². The highest BCUT2D eigenvalue weighted by atomic mass is 35.5. The van der Waals surface area contributed by atoms with Gasteiger partial charge in [-0.15, -0.1) is 0 Å². The first-order valence-corrected chi connectivity index (χ1v) is 10.8. The van der Waals surface area contributed by atoms with Gasteiger partial charge in [-0.3, -0.25) is 5.41 Å². The van der Waals surface area contributed by atoms with E-state index in [-0.39, 0.29) is 24.1 Å². The molecule has 2 unspecified atom stereocenters. The zero-order valence-electron chi connectivity index (χ0n) is 17.8. The van der Waals surface area contributed by atoms with Gasteiger partial charge in [-0.2, -0.15) is 4.98 Å². The average molecular weight is 466 g/mol. The molecule has 11 heteroatoms. The Morgan fingerprint density at radius 2 is 2.06 bits per heavy atom. The van der Waals surface area contributed by atoms with E-state index in [1.165, 1.54) is 4.90 Å². The van der Waals surface area contributed by atoms with Crippen LogP contribution in [0.5, 0.6) is 0 Å². The molecule has 0 saturated carbocycles. The third-order valence-corrected chi connectivity index (χ3v) is 6.01. The second kappa shape index (κ2) is 9.76. The summed E-state index contributed by atoms with van der Waals surface area (Å²) < 4.78 is 1.02. The first kappa shape index (κ1) is 23.2. The number of piperidine rings is 1. The van der Waals surface area contributed by atoms with Gasteiger partial charge in [-0.05, 0) is 31.5 Å². The molecule has 2 aromatic rings. The highest BCUT2D eigenvalue weighted by molar-refractivity contribution is 6.42. The summed E-state index contributed by atoms with van der Waals surface area (Å²) in [6.07, 6.45) is 1.51. The summed E-state index contributed by atoms with van der Waals surface area (Å²) in [7, 11) is 1.57. The number of nitrogens with zero attached hydrogens (tertiary/aromatic N) is 5. The molecule has 1 aromatic heterocycles. The van der Waals surface area contributed by atoms with Crippen LogP contribution >= 0.6 is 23.2 Å². The molecule has 31 heavy (non-hydrogen) atoms. The summed E-state index contributed by atoms with van der Waals surface area (Å²) in [5.41, 5.74) is 7.10. The van der Waals surface area contributed by atoms with E-state index in [1.54, 1.807) is 25.2 Å². The van der Waals surface area contributed by atoms with Gasteiger partial charge >= 0.3 is 0 Å². The maximum Gasteiger partial charge on any atom is 0.256 e. The molecule has 2 atom stereocenters. The van der Waals surface area contributed by atoms with Crippen LogP contribution < -0.4 is 16.0 Å². The van der Waals surface area contributed by atoms with Gasteiger partial charge in [0.15, 0.2) is 13.0 Å². The van der Waals surface area contributed by atoms with Crippen LogP contribution in [-0.4, -0.2) is 57.9 Å². The van der Waals surface area contributed by atoms with Gasteiger partial charge in [0.2, 0.25) is 5.95 Å². The number of guanidine groups is 1. The SMILES string of the molecule is CCN1CC(Nc2cc(C)nc(N(C(=N)N)c3ccc(Cl)c(Cl)c3)n2)CCC1[N+](C)=O. The molecule has 3 rings (SSSR count). The summed E-state index contributed by atoms with van der Waals surface area (Å²) in [5.74, 6) is 0.642. The third kappa shape index (κ3) is 5.41. The summed E-state index contributed by atoms with van der Waals surface area (Å²) in [4.78, 5) is 24.4. The van der Waals surface area contributed by atoms with Crippen LogP contribution in [0.15, 0.2) is 24.3 Å². The van der Waals surface area contributed by atoms with Gasteiger partial charge < -0.3 is 11.1 Å². The Labute approximate surface area is 191 Å². The number of likely N-dealkylation sites (N-methyl/N-ethyl adjacent to an activating group) is 1. The monoisotopic (exact) mass is 465 g/mol. The molecule has 0 spiro atoms. The standard InChI is InChI=1S/C20H27Cl2N8O/c1-4-29-11-13(5-8-18(29)28(3)31)26-17-9-12(2)25-20(27-17)30(19(23)24)14-6-7-15(21)16(22)10-14/h6-7,9-10,13,18H,4-5,8,11H2,1-3H3,(H3,23,24)(H,25,26,27)/q+1. The number of rotatable bonds is 6. The Balaban J connectivity index is 1.86. The second-order valence-electron chi connectivity index (χ2n) is 7.55. The van der Waals surface area contributed by atoms with Crippen LogP contribution in [0.1, 0.15) is 25.5 Å². The van der Waals surface area contributed by atoms with Crippen molar-refractivity contribution in [3.63, 3.8) is 0 Å². The predicted molar refractivity (Wildman–Crippen MR) is 125 cm³/mol. The van der Waals surface area contributed by atoms with Crippen molar-refractivity contribution in [3.8, 4) is 0 Å². The van der Waals surface area contributed by atoms with Gasteiger partial charge in [0.25, 0.3) is 6.17 Å². The lowest BCUT2D eigenvalue weighted by molar-refractivity contribution is -0.587. The number of hydrogen-bond donors (Lipinski definition) is 3. The van der Waals surface area contributed by atoms with Gasteiger partial charge in [-0.1, -0.05) is 30.1 Å². The van der Waals surface area contributed by atoms with E-state index >= 15 is 0 Å². The Bertz CT molecular complexity index is 986. The maximum absolute atomic E-state index is 11.8. The summed E-state index contributed by atoms with van der Waals surface area (Å²) in [6.45, 7) is 5.42. The lowest BCUT2D eigenvalue weighted by Crippen LogP contribution is -2.51. The summed E-state index contributed by atoms with van der Waals surface area (Å²) >= 11 is 12.2. The van der Waals surface area contributed by atoms with Crippen molar-refractivity contribution in [2.75, 3.05) is 30.4 Å². The minimum absolute atomic E-state index is 0.103. The molecule has 0 radical (unpaired) electrons. The molecule has 0 amide bonds. The Kier molecular flexibility index (Phi) is 7.30. The molecule has 1 aromatic carbocycles. The molecule has 0 aliphatic carbocycles. The number of aryl methyl sites for hydroxylation is 1. The fourth-order valence-corrected chi connectivity index (χ4v) is 4.11. The van der Waals surface area contributed by atoms with E-state index in [9.17, 15) is 4.91 Å². The molecular formula is C20H27Cl2N8O+. The van der Waals surface area contributed by atoms with E-state index in [0.29, 0.717) is 21.6 Å². The number of hydrogen-bond acceptors (Lipinski definition) is 6. The van der Waals surface area contributed by atoms with Crippen molar-refractivity contribution < 1.29 is 4.76 Å². The molecular weight excluding hydrogens is 439 g/mol. The van der Waals surface area contributed by atoms with Crippen molar-refractivity contribution in [3.05, 3.63) is 44.9 Å². The number of likely N-dealkylation sites (tertiary alicyclic amines) is 1. The van der Waals surface area contributed by atoms with E-state index in [0.717, 1.165) is 36.4 Å². The summed E-state index contributed by atoms with van der Waals surface area (Å²) in [6, 6.07) is 6.93. The highest BCUT2D eigenvalue weighted by Crippen LogP contribution is 2.30. The van der Waals surface area contributed by atoms with Crippen LogP contribution in [0.25, 0.3) is 0 Å². The molecule has 1 aliphatic heterocycles. The summed E-state index contributed by atoms with van der Waals surface area (Å²) in [5, 5.41) is 12.2. The highest BCUT2D eigenvalue weighted by Gasteiger charge is 2.35. The van der Waals surface area contributed by atoms with Crippen molar-refractivity contribution in [1.82, 2.24) is 14.9 Å². The molecule has 1 aliphatic rings. The van der Waals surface area contributed by atoms with Crippen molar-refractivity contribution in [2.45, 2.75) is 38.9 Å². The predicted octanol–water partition coefficient (Wildman–Crippen LogP) is 3.75. The number of halogens is 2. The van der Waals surface area contributed by atoms with Gasteiger partial charge in [0.1, 0.15) is 5.82 Å². The minimum atomic E-state index is -0.244. The average Bonchev–Trinajstić information content (AvgIpc) is 2.70. The first-order chi connectivity index (χ1) is 14.7. The van der Waals surface area contributed by atoms with Crippen molar-refractivity contribution >= 4 is 46.6 Å². The Hall–Kier alpha value is -2.49. The molecule has 1 fully saturated rings. The smallest absolute Gasteiger partial charge is 0.256 e. The lowest BCUT2D eigenvalue weighted by Gasteiger charge is -2.34. The number of anilines is 3. The number of aromatic nitrogens is 2. The lowest BCUT2D eigenvalue weighted by atomic mass is 10.0. The molecule has 1 saturated heterocycles. The molecule has 0 bridgehead atoms. The zero-order valence-corrected chi connectivity index (χ0v) is 19.3. The van der Waals surface area contributed by atoms with E-state index < -0.39 is 0 Å². The van der Waals surface area contributed by atoms with Gasteiger partial charge in [0, 0.05) is 47.0 Å². The maximum atomic E-state index is 11.8. The fourth-order valence-electron chi connectivity index (χ4n) is 3.82. The number of nitroso groups, excluding NO2 is 1. The fraction of sp³-hybridized carbons (Fsp3) is 0.450. The normalized spacial score (nSPS) is 19.1. The number of benzene rings is 1. The topological polar surface area (TPSA) is 114 Å². The van der Waals surface area contributed by atoms with Crippen LogP contribution in [0.2, 0.25) is 10.0 Å². The third-order valence-electron chi connectivity index (χ3n) is 5.27. The van der Waals surface area contributed by atoms with E-state index in [1.807, 2.05) is 19.9 Å². The quantitative estimate of drug-likeness (QED) is 0.338. The minimum Gasteiger partial charge on any atom is -0.369 e. The van der Waals surface area contributed by atoms with Crippen molar-refractivity contribution in [1.29, 1.82) is 5.41 Å². The number of nitrogens with one attached hydrogen (secondary N) is 2. The molecule has 2 heterocycles. The van der Waals surface area contributed by atoms with Crippen molar-refractivity contribution in [2.24, 2.45) is 5.73 Å². The first-order valence-electron chi connectivity index (χ1n) is 10.0. The molecule has 4 N–H and O–H groups in total. The molecule has 9 nitrogen and oxygen atoms in total. The van der Waals surface area contributed by atoms with E-state index in [2.05, 4.69) is 20.2 Å². The largest absolute Gasteiger partial charge is 0.369 e. The Morgan fingerprint density at radius 1 is 1.32 bits per heavy atom. The zero-order chi connectivity index (χ0) is 22.7. The van der Waals surface area contributed by atoms with Gasteiger partial charge in [-0.25, -0.2) is 14.8 Å². The second-order valence-corrected chi connectivity index (χ2v) is 8.36. The van der Waals surface area contributed by atoms with E-state index in [4.69, 9.17) is 34.3 Å². The molecule has 166 valence electrons. The van der Waals surface area contributed by atoms with Crippen LogP contribution in [-0.2, 0) is 0 Å². The number of nitrogens with two attached hydrogens (primary N) is 1. The van der Waals surface area contributed by atoms with Gasteiger partial charge in [0.05, 0.1) is 15.7 Å². The van der Waals surface area contributed by atoms with Crippen LogP contribution in [0.3, 0.4) is 0 Å².